The fourth-order valence-corrected chi connectivity index (χ4v) is 1.28. The SMILES string of the molecule is COc1ccc(CCO)c(O)c1C. The van der Waals surface area contributed by atoms with Crippen molar-refractivity contribution < 1.29 is 14.9 Å². The highest BCUT2D eigenvalue weighted by Gasteiger charge is 2.08. The molecule has 0 spiro atoms. The van der Waals surface area contributed by atoms with E-state index in [-0.39, 0.29) is 12.4 Å². The van der Waals surface area contributed by atoms with Gasteiger partial charge in [-0.1, -0.05) is 6.07 Å². The smallest absolute Gasteiger partial charge is 0.125 e. The number of phenols is 1. The molecule has 1 rings (SSSR count). The van der Waals surface area contributed by atoms with Gasteiger partial charge in [-0.2, -0.15) is 0 Å². The number of ether oxygens (including phenoxy) is 1. The average molecular weight is 182 g/mol. The van der Waals surface area contributed by atoms with Crippen molar-refractivity contribution in [2.75, 3.05) is 13.7 Å². The van der Waals surface area contributed by atoms with E-state index in [1.807, 2.05) is 0 Å². The van der Waals surface area contributed by atoms with Crippen molar-refractivity contribution in [3.05, 3.63) is 23.3 Å². The Balaban J connectivity index is 3.07. The molecule has 13 heavy (non-hydrogen) atoms. The van der Waals surface area contributed by atoms with E-state index in [2.05, 4.69) is 0 Å². The van der Waals surface area contributed by atoms with E-state index >= 15 is 0 Å². The van der Waals surface area contributed by atoms with E-state index in [0.29, 0.717) is 17.7 Å². The average Bonchev–Trinajstić information content (AvgIpc) is 2.14. The maximum absolute atomic E-state index is 9.65. The highest BCUT2D eigenvalue weighted by atomic mass is 16.5. The van der Waals surface area contributed by atoms with E-state index < -0.39 is 0 Å². The monoisotopic (exact) mass is 182 g/mol. The van der Waals surface area contributed by atoms with Crippen LogP contribution in [0.15, 0.2) is 12.1 Å². The summed E-state index contributed by atoms with van der Waals surface area (Å²) in [5.41, 5.74) is 1.47. The van der Waals surface area contributed by atoms with Gasteiger partial charge in [0.05, 0.1) is 7.11 Å². The molecule has 0 bridgehead atoms. The minimum absolute atomic E-state index is 0.0410. The quantitative estimate of drug-likeness (QED) is 0.739. The van der Waals surface area contributed by atoms with Crippen LogP contribution in [0, 0.1) is 6.92 Å². The first-order valence-electron chi connectivity index (χ1n) is 4.17. The Morgan fingerprint density at radius 2 is 2.08 bits per heavy atom. The number of phenolic OH excluding ortho intramolecular Hbond substituents is 1. The van der Waals surface area contributed by atoms with Crippen LogP contribution in [0.3, 0.4) is 0 Å². The van der Waals surface area contributed by atoms with Gasteiger partial charge in [0, 0.05) is 12.2 Å². The summed E-state index contributed by atoms with van der Waals surface area (Å²) in [7, 11) is 1.56. The number of rotatable bonds is 3. The second-order valence-corrected chi connectivity index (χ2v) is 2.87. The Hall–Kier alpha value is -1.22. The van der Waals surface area contributed by atoms with Crippen molar-refractivity contribution in [3.63, 3.8) is 0 Å². The number of benzene rings is 1. The number of methoxy groups -OCH3 is 1. The van der Waals surface area contributed by atoms with Crippen LogP contribution >= 0.6 is 0 Å². The van der Waals surface area contributed by atoms with Crippen molar-refractivity contribution >= 4 is 0 Å². The van der Waals surface area contributed by atoms with Gasteiger partial charge in [-0.15, -0.1) is 0 Å². The van der Waals surface area contributed by atoms with Crippen LogP contribution in [-0.2, 0) is 6.42 Å². The molecule has 0 saturated carbocycles. The fourth-order valence-electron chi connectivity index (χ4n) is 1.28. The number of aromatic hydroxyl groups is 1. The van der Waals surface area contributed by atoms with Gasteiger partial charge in [-0.25, -0.2) is 0 Å². The minimum Gasteiger partial charge on any atom is -0.507 e. The number of aliphatic hydroxyl groups excluding tert-OH is 1. The lowest BCUT2D eigenvalue weighted by Crippen LogP contribution is -1.94. The Morgan fingerprint density at radius 3 is 2.62 bits per heavy atom. The van der Waals surface area contributed by atoms with Gasteiger partial charge < -0.3 is 14.9 Å². The lowest BCUT2D eigenvalue weighted by atomic mass is 10.1. The zero-order chi connectivity index (χ0) is 9.84. The normalized spacial score (nSPS) is 10.1. The minimum atomic E-state index is 0.0410. The Kier molecular flexibility index (Phi) is 3.14. The van der Waals surface area contributed by atoms with Crippen LogP contribution < -0.4 is 4.74 Å². The molecule has 0 fully saturated rings. The van der Waals surface area contributed by atoms with Gasteiger partial charge in [0.15, 0.2) is 0 Å². The van der Waals surface area contributed by atoms with Crippen molar-refractivity contribution in [3.8, 4) is 11.5 Å². The van der Waals surface area contributed by atoms with Gasteiger partial charge in [0.1, 0.15) is 11.5 Å². The molecule has 3 nitrogen and oxygen atoms in total. The summed E-state index contributed by atoms with van der Waals surface area (Å²) in [6.45, 7) is 1.83. The molecule has 0 heterocycles. The largest absolute Gasteiger partial charge is 0.507 e. The summed E-state index contributed by atoms with van der Waals surface area (Å²) in [6.07, 6.45) is 0.469. The third-order valence-electron chi connectivity index (χ3n) is 2.07. The second kappa shape index (κ2) is 4.14. The number of hydrogen-bond donors (Lipinski definition) is 2. The van der Waals surface area contributed by atoms with Crippen LogP contribution in [0.1, 0.15) is 11.1 Å². The molecule has 0 aliphatic heterocycles. The lowest BCUT2D eigenvalue weighted by Gasteiger charge is -2.09. The molecule has 3 heteroatoms. The lowest BCUT2D eigenvalue weighted by molar-refractivity contribution is 0.297. The van der Waals surface area contributed by atoms with Gasteiger partial charge in [0.2, 0.25) is 0 Å². The van der Waals surface area contributed by atoms with Gasteiger partial charge in [0.25, 0.3) is 0 Å². The van der Waals surface area contributed by atoms with E-state index in [0.717, 1.165) is 5.56 Å². The highest BCUT2D eigenvalue weighted by Crippen LogP contribution is 2.30. The van der Waals surface area contributed by atoms with E-state index in [4.69, 9.17) is 9.84 Å². The molecule has 0 atom stereocenters. The van der Waals surface area contributed by atoms with Gasteiger partial charge in [-0.05, 0) is 25.0 Å². The molecule has 0 radical (unpaired) electrons. The first-order valence-corrected chi connectivity index (χ1v) is 4.17. The maximum Gasteiger partial charge on any atom is 0.125 e. The number of aliphatic hydroxyl groups is 1. The second-order valence-electron chi connectivity index (χ2n) is 2.87. The molecule has 1 aromatic carbocycles. The number of hydrogen-bond acceptors (Lipinski definition) is 3. The Bertz CT molecular complexity index is 294. The van der Waals surface area contributed by atoms with Crippen LogP contribution in [0.4, 0.5) is 0 Å². The third kappa shape index (κ3) is 1.92. The van der Waals surface area contributed by atoms with Gasteiger partial charge in [-0.3, -0.25) is 0 Å². The van der Waals surface area contributed by atoms with E-state index in [1.165, 1.54) is 0 Å². The molecule has 2 N–H and O–H groups in total. The van der Waals surface area contributed by atoms with E-state index in [1.54, 1.807) is 26.2 Å². The predicted molar refractivity (Wildman–Crippen MR) is 50.2 cm³/mol. The summed E-state index contributed by atoms with van der Waals surface area (Å²) >= 11 is 0. The fraction of sp³-hybridized carbons (Fsp3) is 0.400. The predicted octanol–water partition coefficient (Wildman–Crippen LogP) is 1.24. The summed E-state index contributed by atoms with van der Waals surface area (Å²) in [6, 6.07) is 3.55. The Morgan fingerprint density at radius 1 is 1.38 bits per heavy atom. The summed E-state index contributed by atoms with van der Waals surface area (Å²) in [4.78, 5) is 0. The van der Waals surface area contributed by atoms with Crippen LogP contribution in [-0.4, -0.2) is 23.9 Å². The molecule has 0 aliphatic rings. The molecule has 0 amide bonds. The summed E-state index contributed by atoms with van der Waals surface area (Å²) in [5.74, 6) is 0.882. The summed E-state index contributed by atoms with van der Waals surface area (Å²) < 4.78 is 5.04. The van der Waals surface area contributed by atoms with Crippen molar-refractivity contribution in [2.45, 2.75) is 13.3 Å². The molecule has 0 aliphatic carbocycles. The summed E-state index contributed by atoms with van der Waals surface area (Å²) in [5, 5.41) is 18.4. The third-order valence-corrected chi connectivity index (χ3v) is 2.07. The zero-order valence-electron chi connectivity index (χ0n) is 7.87. The molecule has 0 unspecified atom stereocenters. The van der Waals surface area contributed by atoms with Crippen molar-refractivity contribution in [2.24, 2.45) is 0 Å². The molecular weight excluding hydrogens is 168 g/mol. The molecular formula is C10H14O3. The highest BCUT2D eigenvalue weighted by molar-refractivity contribution is 5.48. The molecule has 1 aromatic rings. The van der Waals surface area contributed by atoms with Crippen molar-refractivity contribution in [1.29, 1.82) is 0 Å². The van der Waals surface area contributed by atoms with Gasteiger partial charge >= 0.3 is 0 Å². The zero-order valence-corrected chi connectivity index (χ0v) is 7.87. The van der Waals surface area contributed by atoms with Crippen LogP contribution in [0.2, 0.25) is 0 Å². The molecule has 0 aromatic heterocycles. The Labute approximate surface area is 77.6 Å². The topological polar surface area (TPSA) is 49.7 Å². The molecule has 72 valence electrons. The maximum atomic E-state index is 9.65. The molecule has 0 saturated heterocycles. The van der Waals surface area contributed by atoms with Crippen LogP contribution in [0.25, 0.3) is 0 Å². The van der Waals surface area contributed by atoms with Crippen LogP contribution in [0.5, 0.6) is 11.5 Å². The first kappa shape index (κ1) is 9.86. The van der Waals surface area contributed by atoms with E-state index in [9.17, 15) is 5.11 Å². The van der Waals surface area contributed by atoms with Crippen molar-refractivity contribution in [1.82, 2.24) is 0 Å². The standard InChI is InChI=1S/C10H14O3/c1-7-9(13-2)4-3-8(5-6-11)10(7)12/h3-4,11-12H,5-6H2,1-2H3. The first-order chi connectivity index (χ1) is 6.20.